The number of halogens is 12. The average molecular weight is 1090 g/mol. The van der Waals surface area contributed by atoms with E-state index in [1.54, 1.807) is 69.2 Å². The quantitative estimate of drug-likeness (QED) is 0.0921. The molecule has 9 aromatic rings. The number of hydrogen-bond donors (Lipinski definition) is 0. The predicted molar refractivity (Wildman–Crippen MR) is 251 cm³/mol. The minimum absolute atomic E-state index is 0.0230. The molecule has 378 valence electrons. The zero-order valence-corrected chi connectivity index (χ0v) is 42.9. The second kappa shape index (κ2) is 20.3. The third kappa shape index (κ3) is 9.60. The van der Waals surface area contributed by atoms with Crippen molar-refractivity contribution < 1.29 is 61.5 Å². The smallest absolute Gasteiger partial charge is 0.232 e. The van der Waals surface area contributed by atoms with Crippen LogP contribution in [0, 0.1) is 153 Å². The Labute approximate surface area is 418 Å². The van der Waals surface area contributed by atoms with E-state index in [2.05, 4.69) is 29.9 Å². The summed E-state index contributed by atoms with van der Waals surface area (Å²) in [6.07, 6.45) is 0. The number of rotatable bonds is 6. The van der Waals surface area contributed by atoms with Crippen molar-refractivity contribution in [1.82, 2.24) is 29.9 Å². The van der Waals surface area contributed by atoms with Crippen LogP contribution in [0.25, 0.3) is 65.2 Å². The summed E-state index contributed by atoms with van der Waals surface area (Å²) in [6.45, 7) is 19.8. The van der Waals surface area contributed by atoms with Crippen molar-refractivity contribution in [3.8, 4) is 65.2 Å². The van der Waals surface area contributed by atoms with E-state index in [9.17, 15) is 52.7 Å². The molecule has 0 aliphatic heterocycles. The fourth-order valence-corrected chi connectivity index (χ4v) is 10.3. The third-order valence-corrected chi connectivity index (χ3v) is 15.6. The van der Waals surface area contributed by atoms with Gasteiger partial charge in [-0.1, -0.05) is 0 Å². The lowest BCUT2D eigenvalue weighted by Crippen LogP contribution is -2.04. The molecule has 0 fully saturated rings. The Morgan fingerprint density at radius 1 is 0.250 bits per heavy atom. The maximum absolute atomic E-state index is 14.9. The molecule has 0 atom stereocenters. The van der Waals surface area contributed by atoms with Gasteiger partial charge in [0.25, 0.3) is 0 Å². The first kappa shape index (κ1) is 53.6. The van der Waals surface area contributed by atoms with Crippen molar-refractivity contribution in [2.75, 3.05) is 0 Å². The number of aryl methyl sites for hydroxylation is 12. The highest BCUT2D eigenvalue weighted by Crippen LogP contribution is 2.43. The molecular weight excluding hydrogens is 1050 g/mol. The maximum Gasteiger partial charge on any atom is 0.232 e. The van der Waals surface area contributed by atoms with Crippen LogP contribution in [0.15, 0.2) is 8.83 Å². The Kier molecular flexibility index (Phi) is 15.1. The summed E-state index contributed by atoms with van der Waals surface area (Å²) in [4.78, 5) is 26.7. The molecule has 0 bridgehead atoms. The Morgan fingerprint density at radius 3 is 0.667 bits per heavy atom. The zero-order valence-electron chi connectivity index (χ0n) is 39.7. The lowest BCUT2D eigenvalue weighted by molar-refractivity contribution is 0.429. The van der Waals surface area contributed by atoms with E-state index in [0.29, 0.717) is 45.7 Å². The van der Waals surface area contributed by atoms with Crippen LogP contribution in [0.1, 0.15) is 65.2 Å². The highest BCUT2D eigenvalue weighted by Gasteiger charge is 2.34. The summed E-state index contributed by atoms with van der Waals surface area (Å²) in [7, 11) is 0. The van der Waals surface area contributed by atoms with Gasteiger partial charge in [0.15, 0.2) is 64.0 Å². The largest absolute Gasteiger partial charge is 0.441 e. The maximum atomic E-state index is 14.9. The molecule has 0 amide bonds. The summed E-state index contributed by atoms with van der Waals surface area (Å²) in [6, 6.07) is 0. The molecule has 9 rings (SSSR count). The van der Waals surface area contributed by atoms with Crippen LogP contribution >= 0.6 is 45.3 Å². The van der Waals surface area contributed by atoms with E-state index in [-0.39, 0.29) is 20.0 Å². The number of thiazole rings is 4. The highest BCUT2D eigenvalue weighted by molar-refractivity contribution is 7.16. The van der Waals surface area contributed by atoms with Crippen molar-refractivity contribution in [3.05, 3.63) is 135 Å². The molecule has 8 nitrogen and oxygen atoms in total. The fourth-order valence-electron chi connectivity index (χ4n) is 6.50. The molecule has 0 aliphatic rings. The van der Waals surface area contributed by atoms with Crippen LogP contribution in [0.4, 0.5) is 52.7 Å². The average Bonchev–Trinajstić information content (AvgIpc) is 4.15. The molecule has 6 aromatic heterocycles. The molecule has 24 heteroatoms. The van der Waals surface area contributed by atoms with Crippen LogP contribution in [0.3, 0.4) is 0 Å². The Hall–Kier alpha value is -6.24. The fraction of sp³-hybridized carbons (Fsp3) is 0.250. The Morgan fingerprint density at radius 2 is 0.458 bits per heavy atom. The monoisotopic (exact) mass is 1080 g/mol. The van der Waals surface area contributed by atoms with Crippen molar-refractivity contribution in [3.63, 3.8) is 0 Å². The second-order valence-electron chi connectivity index (χ2n) is 16.0. The molecule has 0 radical (unpaired) electrons. The van der Waals surface area contributed by atoms with Gasteiger partial charge in [-0.3, -0.25) is 0 Å². The molecule has 72 heavy (non-hydrogen) atoms. The van der Waals surface area contributed by atoms with Gasteiger partial charge in [0.05, 0.1) is 56.4 Å². The van der Waals surface area contributed by atoms with Crippen LogP contribution in [0.2, 0.25) is 0 Å². The Bertz CT molecular complexity index is 3100. The molecule has 0 saturated heterocycles. The van der Waals surface area contributed by atoms with Crippen molar-refractivity contribution in [1.29, 1.82) is 0 Å². The second-order valence-corrected chi connectivity index (χ2v) is 20.8. The van der Waals surface area contributed by atoms with Gasteiger partial charge in [0.1, 0.15) is 48.5 Å². The normalized spacial score (nSPS) is 11.3. The summed E-state index contributed by atoms with van der Waals surface area (Å²) < 4.78 is 183. The summed E-state index contributed by atoms with van der Waals surface area (Å²) in [5.74, 6) is -19.0. The van der Waals surface area contributed by atoms with E-state index in [4.69, 9.17) is 8.83 Å². The molecule has 0 unspecified atom stereocenters. The first-order chi connectivity index (χ1) is 33.7. The summed E-state index contributed by atoms with van der Waals surface area (Å²) >= 11 is 4.02. The van der Waals surface area contributed by atoms with Gasteiger partial charge in [0, 0.05) is 19.5 Å². The first-order valence-corrected chi connectivity index (χ1v) is 24.2. The van der Waals surface area contributed by atoms with Crippen LogP contribution < -0.4 is 0 Å². The number of nitrogens with zero attached hydrogens (tertiary/aromatic N) is 6. The van der Waals surface area contributed by atoms with Gasteiger partial charge >= 0.3 is 0 Å². The lowest BCUT2D eigenvalue weighted by atomic mass is 10.1. The SMILES string of the molecule is Cc1nc(-c2c(F)c(F)c(-c3nc(C)c(C)s3)c(F)c2F)sc1C.Cc1nc(-c2c(F)c(F)c(F)c(-c3nc(C)c(C)o3)c2F)oc1C.Cc1nc(-c2c(F)c(F)c(F)c(-c3nc(C)c(C)s3)c2F)sc1C. The van der Waals surface area contributed by atoms with Crippen molar-refractivity contribution in [2.45, 2.75) is 83.1 Å². The van der Waals surface area contributed by atoms with Gasteiger partial charge in [-0.2, -0.15) is 0 Å². The molecule has 0 saturated carbocycles. The first-order valence-electron chi connectivity index (χ1n) is 20.9. The van der Waals surface area contributed by atoms with Gasteiger partial charge in [-0.25, -0.2) is 82.6 Å². The molecular formula is C48H36F12N6O2S4. The minimum atomic E-state index is -1.86. The standard InChI is InChI=1S/C16H12F4N2O2.2C16H12F4N2S2/c1-5-7(3)23-15(21-5)9-11(17)10(13(19)14(20)12(9)18)16-22-6(2)8(4)24-16;1-5-7(3)23-15(21-5)9-11(17)13(19)10(14(20)12(9)18)16-22-6(2)8(4)24-16;1-5-7(3)23-15(21-5)9-11(17)10(13(19)14(20)12(9)18)16-22-6(2)8(4)24-16/h3*1-4H3. The summed E-state index contributed by atoms with van der Waals surface area (Å²) in [5, 5.41) is -0.220. The molecule has 0 N–H and O–H groups in total. The minimum Gasteiger partial charge on any atom is -0.441 e. The number of hydrogen-bond acceptors (Lipinski definition) is 12. The molecule has 0 spiro atoms. The van der Waals surface area contributed by atoms with Crippen molar-refractivity contribution >= 4 is 45.3 Å². The molecule has 6 heterocycles. The lowest BCUT2D eigenvalue weighted by Gasteiger charge is -2.09. The third-order valence-electron chi connectivity index (χ3n) is 11.2. The van der Waals surface area contributed by atoms with Crippen LogP contribution in [0.5, 0.6) is 0 Å². The summed E-state index contributed by atoms with van der Waals surface area (Å²) in [5.41, 5.74) is -1.65. The van der Waals surface area contributed by atoms with Gasteiger partial charge in [0.2, 0.25) is 11.8 Å². The molecule has 3 aromatic carbocycles. The predicted octanol–water partition coefficient (Wildman–Crippen LogP) is 16.2. The topological polar surface area (TPSA) is 104 Å². The zero-order chi connectivity index (χ0) is 53.3. The Balaban J connectivity index is 0.000000158. The number of benzene rings is 3. The van der Waals surface area contributed by atoms with E-state index in [1.807, 2.05) is 0 Å². The van der Waals surface area contributed by atoms with E-state index in [1.165, 1.54) is 13.8 Å². The van der Waals surface area contributed by atoms with E-state index >= 15 is 0 Å². The van der Waals surface area contributed by atoms with Gasteiger partial charge in [-0.05, 0) is 83.1 Å². The van der Waals surface area contributed by atoms with E-state index < -0.39 is 115 Å². The van der Waals surface area contributed by atoms with Gasteiger partial charge in [-0.15, -0.1) is 45.3 Å². The molecule has 0 aliphatic carbocycles. The van der Waals surface area contributed by atoms with E-state index in [0.717, 1.165) is 64.9 Å². The number of aromatic nitrogens is 6. The van der Waals surface area contributed by atoms with Crippen molar-refractivity contribution in [2.24, 2.45) is 0 Å². The van der Waals surface area contributed by atoms with Crippen LogP contribution in [-0.2, 0) is 0 Å². The highest BCUT2D eigenvalue weighted by atomic mass is 32.1. The van der Waals surface area contributed by atoms with Crippen LogP contribution in [-0.4, -0.2) is 29.9 Å². The number of oxazole rings is 2. The van der Waals surface area contributed by atoms with Gasteiger partial charge < -0.3 is 8.83 Å².